The summed E-state index contributed by atoms with van der Waals surface area (Å²) in [6.07, 6.45) is 0. The lowest BCUT2D eigenvalue weighted by molar-refractivity contribution is 0.172. The summed E-state index contributed by atoms with van der Waals surface area (Å²) in [5.41, 5.74) is 4.75. The fourth-order valence-electron chi connectivity index (χ4n) is 3.39. The van der Waals surface area contributed by atoms with E-state index in [9.17, 15) is 0 Å². The molecule has 2 aromatic rings. The molecule has 5 nitrogen and oxygen atoms in total. The van der Waals surface area contributed by atoms with Crippen molar-refractivity contribution in [2.45, 2.75) is 20.4 Å². The molecular formula is C18H23N3O2. The summed E-state index contributed by atoms with van der Waals surface area (Å²) in [6, 6.07) is 4.14. The second-order valence-corrected chi connectivity index (χ2v) is 6.34. The fraction of sp³-hybridized carbons (Fsp3) is 0.500. The summed E-state index contributed by atoms with van der Waals surface area (Å²) >= 11 is 0. The van der Waals surface area contributed by atoms with Gasteiger partial charge in [0.25, 0.3) is 0 Å². The molecule has 5 heteroatoms. The zero-order valence-electron chi connectivity index (χ0n) is 13.8. The number of hydrogen-bond acceptors (Lipinski definition) is 5. The molecule has 1 fully saturated rings. The number of nitrogens with one attached hydrogen (secondary N) is 1. The Labute approximate surface area is 136 Å². The molecule has 0 amide bonds. The first-order valence-corrected chi connectivity index (χ1v) is 8.35. The molecule has 0 spiro atoms. The maximum absolute atomic E-state index is 5.77. The Morgan fingerprint density at radius 2 is 1.78 bits per heavy atom. The quantitative estimate of drug-likeness (QED) is 0.919. The van der Waals surface area contributed by atoms with Gasteiger partial charge in [-0.15, -0.1) is 0 Å². The number of hydrogen-bond donors (Lipinski definition) is 1. The first-order valence-electron chi connectivity index (χ1n) is 8.35. The van der Waals surface area contributed by atoms with E-state index in [0.717, 1.165) is 55.4 Å². The number of benzene rings is 1. The Morgan fingerprint density at radius 1 is 1.09 bits per heavy atom. The number of fused-ring (bicyclic) bond motifs is 2. The Morgan fingerprint density at radius 3 is 2.52 bits per heavy atom. The molecule has 1 N–H and O–H groups in total. The van der Waals surface area contributed by atoms with E-state index in [2.05, 4.69) is 30.1 Å². The second kappa shape index (κ2) is 5.98. The predicted molar refractivity (Wildman–Crippen MR) is 90.4 cm³/mol. The van der Waals surface area contributed by atoms with E-state index >= 15 is 0 Å². The summed E-state index contributed by atoms with van der Waals surface area (Å²) < 4.78 is 11.5. The molecule has 0 aliphatic carbocycles. The Kier molecular flexibility index (Phi) is 3.83. The number of nitrogens with zero attached hydrogens (tertiary/aromatic N) is 2. The van der Waals surface area contributed by atoms with Crippen molar-refractivity contribution in [1.29, 1.82) is 0 Å². The smallest absolute Gasteiger partial charge is 0.163 e. The number of aryl methyl sites for hydroxylation is 1. The maximum Gasteiger partial charge on any atom is 0.163 e. The van der Waals surface area contributed by atoms with Gasteiger partial charge in [-0.2, -0.15) is 0 Å². The summed E-state index contributed by atoms with van der Waals surface area (Å²) in [5, 5.41) is 4.60. The fourth-order valence-corrected chi connectivity index (χ4v) is 3.39. The van der Waals surface area contributed by atoms with Crippen LogP contribution in [0.2, 0.25) is 0 Å². The topological polar surface area (TPSA) is 46.6 Å². The third-order valence-corrected chi connectivity index (χ3v) is 4.86. The monoisotopic (exact) mass is 313 g/mol. The van der Waals surface area contributed by atoms with Gasteiger partial charge < -0.3 is 14.8 Å². The maximum atomic E-state index is 5.77. The van der Waals surface area contributed by atoms with Crippen molar-refractivity contribution in [3.05, 3.63) is 29.0 Å². The predicted octanol–water partition coefficient (Wildman–Crippen LogP) is 2.03. The molecule has 0 radical (unpaired) electrons. The molecule has 0 unspecified atom stereocenters. The first kappa shape index (κ1) is 14.7. The number of piperazine rings is 1. The third-order valence-electron chi connectivity index (χ3n) is 4.86. The minimum absolute atomic E-state index is 0.608. The van der Waals surface area contributed by atoms with Gasteiger partial charge in [0.2, 0.25) is 0 Å². The van der Waals surface area contributed by atoms with E-state index in [4.69, 9.17) is 14.5 Å². The van der Waals surface area contributed by atoms with Crippen molar-refractivity contribution in [2.24, 2.45) is 0 Å². The van der Waals surface area contributed by atoms with Crippen LogP contribution < -0.4 is 14.8 Å². The van der Waals surface area contributed by atoms with E-state index in [1.54, 1.807) is 0 Å². The highest BCUT2D eigenvalue weighted by molar-refractivity contribution is 5.87. The number of pyridine rings is 1. The molecule has 0 atom stereocenters. The Bertz CT molecular complexity index is 739. The van der Waals surface area contributed by atoms with Gasteiger partial charge in [0.1, 0.15) is 13.2 Å². The third kappa shape index (κ3) is 2.75. The van der Waals surface area contributed by atoms with E-state index in [-0.39, 0.29) is 0 Å². The van der Waals surface area contributed by atoms with Gasteiger partial charge in [0.05, 0.1) is 5.52 Å². The van der Waals surface area contributed by atoms with Crippen molar-refractivity contribution >= 4 is 10.9 Å². The van der Waals surface area contributed by atoms with Crippen molar-refractivity contribution in [3.8, 4) is 11.5 Å². The van der Waals surface area contributed by atoms with Gasteiger partial charge in [-0.05, 0) is 31.0 Å². The molecule has 1 saturated heterocycles. The molecule has 122 valence electrons. The average Bonchev–Trinajstić information content (AvgIpc) is 2.58. The van der Waals surface area contributed by atoms with Gasteiger partial charge >= 0.3 is 0 Å². The zero-order valence-corrected chi connectivity index (χ0v) is 13.8. The van der Waals surface area contributed by atoms with Crippen LogP contribution in [-0.2, 0) is 6.54 Å². The highest BCUT2D eigenvalue weighted by Gasteiger charge is 2.19. The molecule has 23 heavy (non-hydrogen) atoms. The normalized spacial score (nSPS) is 18.3. The Hall–Kier alpha value is -1.85. The highest BCUT2D eigenvalue weighted by atomic mass is 16.6. The van der Waals surface area contributed by atoms with Crippen molar-refractivity contribution < 1.29 is 9.47 Å². The molecular weight excluding hydrogens is 290 g/mol. The summed E-state index contributed by atoms with van der Waals surface area (Å²) in [6.45, 7) is 10.8. The average molecular weight is 313 g/mol. The number of ether oxygens (including phenoxy) is 2. The van der Waals surface area contributed by atoms with Crippen LogP contribution in [-0.4, -0.2) is 49.3 Å². The van der Waals surface area contributed by atoms with Crippen LogP contribution in [0.15, 0.2) is 12.1 Å². The van der Waals surface area contributed by atoms with E-state index in [1.165, 1.54) is 16.5 Å². The van der Waals surface area contributed by atoms with Crippen LogP contribution in [0.5, 0.6) is 11.5 Å². The summed E-state index contributed by atoms with van der Waals surface area (Å²) in [7, 11) is 0. The minimum Gasteiger partial charge on any atom is -0.486 e. The van der Waals surface area contributed by atoms with E-state index in [1.807, 2.05) is 6.07 Å². The first-order chi connectivity index (χ1) is 11.2. The molecule has 0 bridgehead atoms. The van der Waals surface area contributed by atoms with Crippen LogP contribution in [0, 0.1) is 13.8 Å². The van der Waals surface area contributed by atoms with Crippen LogP contribution >= 0.6 is 0 Å². The van der Waals surface area contributed by atoms with Crippen LogP contribution in [0.3, 0.4) is 0 Å². The van der Waals surface area contributed by atoms with Gasteiger partial charge in [0, 0.05) is 49.9 Å². The highest BCUT2D eigenvalue weighted by Crippen LogP contribution is 2.36. The van der Waals surface area contributed by atoms with Crippen molar-refractivity contribution in [3.63, 3.8) is 0 Å². The standard InChI is InChI=1S/C18H23N3O2/c1-12-13(2)20-16-10-18-17(22-7-8-23-18)9-14(16)15(12)11-21-5-3-19-4-6-21/h9-10,19H,3-8,11H2,1-2H3. The lowest BCUT2D eigenvalue weighted by Gasteiger charge is -2.29. The van der Waals surface area contributed by atoms with Gasteiger partial charge in [-0.3, -0.25) is 9.88 Å². The molecule has 1 aromatic carbocycles. The molecule has 1 aromatic heterocycles. The van der Waals surface area contributed by atoms with E-state index < -0.39 is 0 Å². The van der Waals surface area contributed by atoms with Crippen LogP contribution in [0.25, 0.3) is 10.9 Å². The molecule has 4 rings (SSSR count). The second-order valence-electron chi connectivity index (χ2n) is 6.34. The summed E-state index contributed by atoms with van der Waals surface area (Å²) in [5.74, 6) is 1.66. The van der Waals surface area contributed by atoms with E-state index in [0.29, 0.717) is 13.2 Å². The van der Waals surface area contributed by atoms with Gasteiger partial charge in [-0.25, -0.2) is 0 Å². The molecule has 3 heterocycles. The minimum atomic E-state index is 0.608. The largest absolute Gasteiger partial charge is 0.486 e. The van der Waals surface area contributed by atoms with Gasteiger partial charge in [0.15, 0.2) is 11.5 Å². The van der Waals surface area contributed by atoms with Gasteiger partial charge in [-0.1, -0.05) is 0 Å². The zero-order chi connectivity index (χ0) is 15.8. The number of aromatic nitrogens is 1. The Balaban J connectivity index is 1.81. The van der Waals surface area contributed by atoms with Crippen LogP contribution in [0.4, 0.5) is 0 Å². The summed E-state index contributed by atoms with van der Waals surface area (Å²) in [4.78, 5) is 7.28. The SMILES string of the molecule is Cc1nc2cc3c(cc2c(CN2CCNCC2)c1C)OCCO3. The molecule has 2 aliphatic heterocycles. The van der Waals surface area contributed by atoms with Crippen LogP contribution in [0.1, 0.15) is 16.8 Å². The lowest BCUT2D eigenvalue weighted by atomic mass is 10.00. The molecule has 0 saturated carbocycles. The number of rotatable bonds is 2. The van der Waals surface area contributed by atoms with Crippen molar-refractivity contribution in [1.82, 2.24) is 15.2 Å². The lowest BCUT2D eigenvalue weighted by Crippen LogP contribution is -2.43. The molecule has 2 aliphatic rings. The van der Waals surface area contributed by atoms with Crippen molar-refractivity contribution in [2.75, 3.05) is 39.4 Å².